The van der Waals surface area contributed by atoms with Crippen LogP contribution < -0.4 is 0 Å². The molecule has 0 aliphatic rings. The van der Waals surface area contributed by atoms with Gasteiger partial charge in [0.15, 0.2) is 0 Å². The third kappa shape index (κ3) is 18.4. The Labute approximate surface area is 133 Å². The molecule has 0 aliphatic carbocycles. The van der Waals surface area contributed by atoms with Crippen molar-refractivity contribution in [3.8, 4) is 0 Å². The van der Waals surface area contributed by atoms with Crippen molar-refractivity contribution in [1.29, 1.82) is 0 Å². The van der Waals surface area contributed by atoms with Gasteiger partial charge < -0.3 is 0 Å². The van der Waals surface area contributed by atoms with Gasteiger partial charge in [-0.25, -0.2) is 0 Å². The number of rotatable bonds is 17. The van der Waals surface area contributed by atoms with E-state index in [0.29, 0.717) is 0 Å². The number of hydrogen-bond donors (Lipinski definition) is 0. The topological polar surface area (TPSA) is 0 Å². The number of hydrogen-bond acceptors (Lipinski definition) is 1. The maximum absolute atomic E-state index is 2.29. The van der Waals surface area contributed by atoms with Crippen LogP contribution in [0.15, 0.2) is 0 Å². The first-order chi connectivity index (χ1) is 9.91. The summed E-state index contributed by atoms with van der Waals surface area (Å²) < 4.78 is 0. The van der Waals surface area contributed by atoms with Crippen LogP contribution in [0.25, 0.3) is 0 Å². The molecule has 0 unspecified atom stereocenters. The molecule has 0 heterocycles. The minimum atomic E-state index is 1.37. The Hall–Kier alpha value is 0.350. The molecule has 122 valence electrons. The molecular formula is C19H40S. The van der Waals surface area contributed by atoms with Gasteiger partial charge in [-0.15, -0.1) is 0 Å². The van der Waals surface area contributed by atoms with Crippen molar-refractivity contribution in [2.45, 2.75) is 110 Å². The van der Waals surface area contributed by atoms with Crippen molar-refractivity contribution in [1.82, 2.24) is 0 Å². The molecule has 0 saturated heterocycles. The Kier molecular flexibility index (Phi) is 19.7. The smallest absolute Gasteiger partial charge is 0.00675 e. The van der Waals surface area contributed by atoms with Gasteiger partial charge in [-0.1, -0.05) is 97.3 Å². The van der Waals surface area contributed by atoms with Crippen LogP contribution in [-0.4, -0.2) is 11.5 Å². The monoisotopic (exact) mass is 300 g/mol. The fourth-order valence-electron chi connectivity index (χ4n) is 2.60. The summed E-state index contributed by atoms with van der Waals surface area (Å²) in [5.74, 6) is 2.81. The highest BCUT2D eigenvalue weighted by Gasteiger charge is 1.94. The molecule has 0 spiro atoms. The van der Waals surface area contributed by atoms with E-state index in [2.05, 4.69) is 25.6 Å². The van der Waals surface area contributed by atoms with E-state index < -0.39 is 0 Å². The quantitative estimate of drug-likeness (QED) is 0.249. The largest absolute Gasteiger partial charge is 0.162 e. The Morgan fingerprint density at radius 1 is 0.400 bits per heavy atom. The average Bonchev–Trinajstić information content (AvgIpc) is 2.47. The van der Waals surface area contributed by atoms with Gasteiger partial charge >= 0.3 is 0 Å². The van der Waals surface area contributed by atoms with Crippen LogP contribution >= 0.6 is 11.8 Å². The standard InChI is InChI=1S/C19H40S/c1-3-5-7-9-10-11-12-13-15-17-19-20-18-16-14-8-6-4-2/h3-19H2,1-2H3. The highest BCUT2D eigenvalue weighted by Crippen LogP contribution is 2.14. The summed E-state index contributed by atoms with van der Waals surface area (Å²) in [5.41, 5.74) is 0. The molecule has 0 aromatic heterocycles. The van der Waals surface area contributed by atoms with Crippen LogP contribution in [0.2, 0.25) is 0 Å². The molecule has 0 saturated carbocycles. The minimum absolute atomic E-state index is 1.37. The van der Waals surface area contributed by atoms with E-state index >= 15 is 0 Å². The Bertz CT molecular complexity index is 138. The summed E-state index contributed by atoms with van der Waals surface area (Å²) in [6, 6.07) is 0. The minimum Gasteiger partial charge on any atom is -0.162 e. The van der Waals surface area contributed by atoms with E-state index in [1.54, 1.807) is 0 Å². The van der Waals surface area contributed by atoms with Crippen molar-refractivity contribution in [2.75, 3.05) is 11.5 Å². The lowest BCUT2D eigenvalue weighted by atomic mass is 10.1. The van der Waals surface area contributed by atoms with Gasteiger partial charge in [-0.3, -0.25) is 0 Å². The summed E-state index contributed by atoms with van der Waals surface area (Å²) in [4.78, 5) is 0. The highest BCUT2D eigenvalue weighted by molar-refractivity contribution is 7.99. The molecule has 1 heteroatoms. The van der Waals surface area contributed by atoms with E-state index in [1.165, 1.54) is 108 Å². The van der Waals surface area contributed by atoms with Gasteiger partial charge in [0.1, 0.15) is 0 Å². The van der Waals surface area contributed by atoms with Crippen LogP contribution in [-0.2, 0) is 0 Å². The van der Waals surface area contributed by atoms with Crippen LogP contribution in [0.5, 0.6) is 0 Å². The Balaban J connectivity index is 2.89. The SMILES string of the molecule is CCCCCCCCCCCCSCCCCCCC. The lowest BCUT2D eigenvalue weighted by Gasteiger charge is -2.03. The molecule has 0 fully saturated rings. The van der Waals surface area contributed by atoms with Gasteiger partial charge in [-0.2, -0.15) is 11.8 Å². The first kappa shape index (κ1) is 20.3. The molecule has 0 rings (SSSR count). The van der Waals surface area contributed by atoms with E-state index in [1.807, 2.05) is 0 Å². The maximum atomic E-state index is 2.29. The van der Waals surface area contributed by atoms with Crippen molar-refractivity contribution in [3.05, 3.63) is 0 Å². The second-order valence-corrected chi connectivity index (χ2v) is 7.43. The van der Waals surface area contributed by atoms with Gasteiger partial charge in [0, 0.05) is 0 Å². The predicted molar refractivity (Wildman–Crippen MR) is 97.9 cm³/mol. The van der Waals surface area contributed by atoms with Gasteiger partial charge in [0.05, 0.1) is 0 Å². The molecule has 0 N–H and O–H groups in total. The van der Waals surface area contributed by atoms with Crippen molar-refractivity contribution < 1.29 is 0 Å². The fourth-order valence-corrected chi connectivity index (χ4v) is 3.62. The van der Waals surface area contributed by atoms with Crippen LogP contribution in [0, 0.1) is 0 Å². The second-order valence-electron chi connectivity index (χ2n) is 6.21. The summed E-state index contributed by atoms with van der Waals surface area (Å²) in [7, 11) is 0. The highest BCUT2D eigenvalue weighted by atomic mass is 32.2. The first-order valence-corrected chi connectivity index (χ1v) is 10.6. The maximum Gasteiger partial charge on any atom is -0.00675 e. The van der Waals surface area contributed by atoms with E-state index in [9.17, 15) is 0 Å². The van der Waals surface area contributed by atoms with E-state index in [0.717, 1.165) is 0 Å². The molecular weight excluding hydrogens is 260 g/mol. The molecule has 0 aromatic rings. The molecule has 0 nitrogen and oxygen atoms in total. The Morgan fingerprint density at radius 2 is 0.700 bits per heavy atom. The molecule has 0 radical (unpaired) electrons. The molecule has 0 aliphatic heterocycles. The van der Waals surface area contributed by atoms with Gasteiger partial charge in [0.2, 0.25) is 0 Å². The molecule has 20 heavy (non-hydrogen) atoms. The van der Waals surface area contributed by atoms with E-state index in [4.69, 9.17) is 0 Å². The van der Waals surface area contributed by atoms with Gasteiger partial charge in [0.25, 0.3) is 0 Å². The van der Waals surface area contributed by atoms with Crippen molar-refractivity contribution >= 4 is 11.8 Å². The normalized spacial score (nSPS) is 11.1. The summed E-state index contributed by atoms with van der Waals surface area (Å²) in [5, 5.41) is 0. The molecule has 0 amide bonds. The average molecular weight is 301 g/mol. The van der Waals surface area contributed by atoms with Crippen LogP contribution in [0.4, 0.5) is 0 Å². The fraction of sp³-hybridized carbons (Fsp3) is 1.00. The third-order valence-corrected chi connectivity index (χ3v) is 5.19. The molecule has 0 atom stereocenters. The van der Waals surface area contributed by atoms with Crippen LogP contribution in [0.1, 0.15) is 110 Å². The van der Waals surface area contributed by atoms with Crippen molar-refractivity contribution in [3.63, 3.8) is 0 Å². The zero-order valence-electron chi connectivity index (χ0n) is 14.4. The second kappa shape index (κ2) is 19.4. The predicted octanol–water partition coefficient (Wildman–Crippen LogP) is 7.61. The zero-order chi connectivity index (χ0) is 14.7. The molecule has 0 aromatic carbocycles. The van der Waals surface area contributed by atoms with E-state index in [-0.39, 0.29) is 0 Å². The number of thioether (sulfide) groups is 1. The third-order valence-electron chi connectivity index (χ3n) is 4.03. The van der Waals surface area contributed by atoms with Crippen LogP contribution in [0.3, 0.4) is 0 Å². The summed E-state index contributed by atoms with van der Waals surface area (Å²) in [6.45, 7) is 4.59. The van der Waals surface area contributed by atoms with Crippen molar-refractivity contribution in [2.24, 2.45) is 0 Å². The summed E-state index contributed by atoms with van der Waals surface area (Å²) >= 11 is 2.19. The summed E-state index contributed by atoms with van der Waals surface area (Å²) in [6.07, 6.45) is 21.7. The first-order valence-electron chi connectivity index (χ1n) is 9.49. The molecule has 0 bridgehead atoms. The van der Waals surface area contributed by atoms with Gasteiger partial charge in [-0.05, 0) is 24.3 Å². The number of unbranched alkanes of at least 4 members (excludes halogenated alkanes) is 13. The lowest BCUT2D eigenvalue weighted by Crippen LogP contribution is -1.86. The lowest BCUT2D eigenvalue weighted by molar-refractivity contribution is 0.563. The zero-order valence-corrected chi connectivity index (χ0v) is 15.2. The Morgan fingerprint density at radius 3 is 1.05 bits per heavy atom.